The molecule has 0 unspecified atom stereocenters. The molecular weight excluding hydrogens is 226 g/mol. The van der Waals surface area contributed by atoms with E-state index in [9.17, 15) is 0 Å². The molecule has 0 saturated heterocycles. The number of aliphatic hydroxyl groups excluding tert-OH is 1. The van der Waals surface area contributed by atoms with Crippen LogP contribution in [0.1, 0.15) is 59.3 Å². The second-order valence-electron chi connectivity index (χ2n) is 6.43. The molecule has 1 saturated carbocycles. The number of aliphatic hydroxyl groups is 1. The summed E-state index contributed by atoms with van der Waals surface area (Å²) in [5.41, 5.74) is 6.24. The van der Waals surface area contributed by atoms with Crippen molar-refractivity contribution in [2.24, 2.45) is 17.1 Å². The van der Waals surface area contributed by atoms with Crippen molar-refractivity contribution in [3.8, 4) is 0 Å². The van der Waals surface area contributed by atoms with E-state index in [2.05, 4.69) is 20.8 Å². The van der Waals surface area contributed by atoms with E-state index in [0.29, 0.717) is 25.0 Å². The van der Waals surface area contributed by atoms with E-state index in [4.69, 9.17) is 15.6 Å². The van der Waals surface area contributed by atoms with E-state index in [1.54, 1.807) is 0 Å². The summed E-state index contributed by atoms with van der Waals surface area (Å²) in [4.78, 5) is 0. The lowest BCUT2D eigenvalue weighted by Gasteiger charge is -2.44. The first-order valence-corrected chi connectivity index (χ1v) is 7.44. The minimum absolute atomic E-state index is 0.116. The van der Waals surface area contributed by atoms with Crippen molar-refractivity contribution in [1.29, 1.82) is 0 Å². The minimum atomic E-state index is -0.116. The van der Waals surface area contributed by atoms with Gasteiger partial charge in [0, 0.05) is 19.8 Å². The topological polar surface area (TPSA) is 55.5 Å². The normalized spacial score (nSPS) is 29.5. The highest BCUT2D eigenvalue weighted by molar-refractivity contribution is 4.92. The Morgan fingerprint density at radius 2 is 1.94 bits per heavy atom. The van der Waals surface area contributed by atoms with Crippen LogP contribution in [0, 0.1) is 11.3 Å². The number of ether oxygens (including phenoxy) is 1. The van der Waals surface area contributed by atoms with Crippen molar-refractivity contribution in [2.45, 2.75) is 64.9 Å². The fourth-order valence-corrected chi connectivity index (χ4v) is 2.97. The highest BCUT2D eigenvalue weighted by Crippen LogP contribution is 2.44. The third-order valence-corrected chi connectivity index (χ3v) is 5.00. The molecule has 1 aliphatic rings. The second-order valence-corrected chi connectivity index (χ2v) is 6.43. The Balaban J connectivity index is 2.48. The molecule has 108 valence electrons. The fourth-order valence-electron chi connectivity index (χ4n) is 2.97. The summed E-state index contributed by atoms with van der Waals surface area (Å²) >= 11 is 0. The number of hydrogen-bond donors (Lipinski definition) is 2. The first-order chi connectivity index (χ1) is 8.49. The quantitative estimate of drug-likeness (QED) is 0.689. The van der Waals surface area contributed by atoms with E-state index in [1.165, 1.54) is 19.3 Å². The SMILES string of the molecule is CCC(C)(C)C1CCC(CN)(OCCCO)CC1. The number of rotatable bonds is 7. The molecule has 18 heavy (non-hydrogen) atoms. The molecular formula is C15H31NO2. The maximum Gasteiger partial charge on any atom is 0.0804 e. The number of nitrogens with two attached hydrogens (primary N) is 1. The van der Waals surface area contributed by atoms with Crippen molar-refractivity contribution >= 4 is 0 Å². The molecule has 1 aliphatic carbocycles. The van der Waals surface area contributed by atoms with Gasteiger partial charge in [0.25, 0.3) is 0 Å². The second kappa shape index (κ2) is 6.88. The van der Waals surface area contributed by atoms with Crippen LogP contribution in [0.4, 0.5) is 0 Å². The van der Waals surface area contributed by atoms with Gasteiger partial charge in [0.1, 0.15) is 0 Å². The predicted octanol–water partition coefficient (Wildman–Crippen LogP) is 2.71. The van der Waals surface area contributed by atoms with Gasteiger partial charge in [-0.05, 0) is 43.4 Å². The summed E-state index contributed by atoms with van der Waals surface area (Å²) < 4.78 is 5.97. The van der Waals surface area contributed by atoms with Gasteiger partial charge in [-0.25, -0.2) is 0 Å². The van der Waals surface area contributed by atoms with Crippen LogP contribution in [0.15, 0.2) is 0 Å². The van der Waals surface area contributed by atoms with Crippen LogP contribution in [0.25, 0.3) is 0 Å². The van der Waals surface area contributed by atoms with Gasteiger partial charge in [-0.1, -0.05) is 27.2 Å². The molecule has 0 aliphatic heterocycles. The molecule has 0 amide bonds. The largest absolute Gasteiger partial charge is 0.396 e. The summed E-state index contributed by atoms with van der Waals surface area (Å²) in [6, 6.07) is 0. The Kier molecular flexibility index (Phi) is 6.09. The molecule has 0 aromatic heterocycles. The van der Waals surface area contributed by atoms with E-state index < -0.39 is 0 Å². The van der Waals surface area contributed by atoms with Crippen LogP contribution in [-0.4, -0.2) is 30.5 Å². The monoisotopic (exact) mass is 257 g/mol. The maximum absolute atomic E-state index is 8.82. The van der Waals surface area contributed by atoms with Crippen LogP contribution in [0.5, 0.6) is 0 Å². The Hall–Kier alpha value is -0.120. The molecule has 1 fully saturated rings. The molecule has 0 bridgehead atoms. The third kappa shape index (κ3) is 3.94. The van der Waals surface area contributed by atoms with Crippen molar-refractivity contribution in [3.05, 3.63) is 0 Å². The Morgan fingerprint density at radius 3 is 2.39 bits per heavy atom. The van der Waals surface area contributed by atoms with E-state index in [1.807, 2.05) is 0 Å². The first-order valence-electron chi connectivity index (χ1n) is 7.44. The fraction of sp³-hybridized carbons (Fsp3) is 1.00. The van der Waals surface area contributed by atoms with Gasteiger partial charge < -0.3 is 15.6 Å². The van der Waals surface area contributed by atoms with Crippen molar-refractivity contribution in [3.63, 3.8) is 0 Å². The molecule has 3 N–H and O–H groups in total. The van der Waals surface area contributed by atoms with E-state index in [-0.39, 0.29) is 12.2 Å². The van der Waals surface area contributed by atoms with Gasteiger partial charge in [0.2, 0.25) is 0 Å². The lowest BCUT2D eigenvalue weighted by atomic mass is 9.66. The average molecular weight is 257 g/mol. The van der Waals surface area contributed by atoms with Crippen LogP contribution in [0.3, 0.4) is 0 Å². The van der Waals surface area contributed by atoms with Crippen molar-refractivity contribution < 1.29 is 9.84 Å². The smallest absolute Gasteiger partial charge is 0.0804 e. The zero-order valence-corrected chi connectivity index (χ0v) is 12.4. The zero-order valence-electron chi connectivity index (χ0n) is 12.4. The average Bonchev–Trinajstić information content (AvgIpc) is 2.39. The van der Waals surface area contributed by atoms with Gasteiger partial charge in [0.15, 0.2) is 0 Å². The number of hydrogen-bond acceptors (Lipinski definition) is 3. The van der Waals surface area contributed by atoms with Gasteiger partial charge in [0.05, 0.1) is 5.60 Å². The molecule has 0 aromatic rings. The van der Waals surface area contributed by atoms with Gasteiger partial charge in [-0.3, -0.25) is 0 Å². The lowest BCUT2D eigenvalue weighted by molar-refractivity contribution is -0.0838. The van der Waals surface area contributed by atoms with Gasteiger partial charge in [-0.15, -0.1) is 0 Å². The van der Waals surface area contributed by atoms with Gasteiger partial charge >= 0.3 is 0 Å². The van der Waals surface area contributed by atoms with Crippen LogP contribution in [0.2, 0.25) is 0 Å². The van der Waals surface area contributed by atoms with Crippen LogP contribution < -0.4 is 5.73 Å². The van der Waals surface area contributed by atoms with E-state index in [0.717, 1.165) is 18.8 Å². The first kappa shape index (κ1) is 15.9. The lowest BCUT2D eigenvalue weighted by Crippen LogP contribution is -2.46. The summed E-state index contributed by atoms with van der Waals surface area (Å²) in [6.07, 6.45) is 6.53. The molecule has 0 spiro atoms. The molecule has 0 heterocycles. The summed E-state index contributed by atoms with van der Waals surface area (Å²) in [6.45, 7) is 8.47. The Labute approximate surface area is 112 Å². The molecule has 3 nitrogen and oxygen atoms in total. The maximum atomic E-state index is 8.82. The highest BCUT2D eigenvalue weighted by atomic mass is 16.5. The summed E-state index contributed by atoms with van der Waals surface area (Å²) in [5, 5.41) is 8.82. The van der Waals surface area contributed by atoms with Gasteiger partial charge in [-0.2, -0.15) is 0 Å². The predicted molar refractivity (Wildman–Crippen MR) is 75.5 cm³/mol. The summed E-state index contributed by atoms with van der Waals surface area (Å²) in [5.74, 6) is 0.795. The zero-order chi connectivity index (χ0) is 13.6. The molecule has 0 aromatic carbocycles. The Bertz CT molecular complexity index is 233. The van der Waals surface area contributed by atoms with Crippen LogP contribution >= 0.6 is 0 Å². The molecule has 3 heteroatoms. The van der Waals surface area contributed by atoms with Crippen molar-refractivity contribution in [2.75, 3.05) is 19.8 Å². The van der Waals surface area contributed by atoms with E-state index >= 15 is 0 Å². The minimum Gasteiger partial charge on any atom is -0.396 e. The van der Waals surface area contributed by atoms with Crippen LogP contribution in [-0.2, 0) is 4.74 Å². The molecule has 0 radical (unpaired) electrons. The third-order valence-electron chi connectivity index (χ3n) is 5.00. The molecule has 1 rings (SSSR count). The highest BCUT2D eigenvalue weighted by Gasteiger charge is 2.39. The molecule has 0 atom stereocenters. The standard InChI is InChI=1S/C15H31NO2/c1-4-14(2,3)13-6-8-15(12-16,9-7-13)18-11-5-10-17/h13,17H,4-12,16H2,1-3H3. The van der Waals surface area contributed by atoms with Crippen molar-refractivity contribution in [1.82, 2.24) is 0 Å². The Morgan fingerprint density at radius 1 is 1.33 bits per heavy atom. The summed E-state index contributed by atoms with van der Waals surface area (Å²) in [7, 11) is 0.